The minimum atomic E-state index is -1.43. The monoisotopic (exact) mass is 238 g/mol. The van der Waals surface area contributed by atoms with Gasteiger partial charge < -0.3 is 0 Å². The summed E-state index contributed by atoms with van der Waals surface area (Å²) in [4.78, 5) is 10.2. The molecule has 0 heterocycles. The van der Waals surface area contributed by atoms with E-state index in [0.29, 0.717) is 0 Å². The van der Waals surface area contributed by atoms with E-state index in [1.54, 1.807) is 6.08 Å². The quantitative estimate of drug-likeness (QED) is 0.288. The van der Waals surface area contributed by atoms with Crippen molar-refractivity contribution in [2.75, 3.05) is 0 Å². The fourth-order valence-corrected chi connectivity index (χ4v) is 8.51. The Balaban J connectivity index is 5.12. The van der Waals surface area contributed by atoms with E-state index in [1.165, 1.54) is 0 Å². The minimum absolute atomic E-state index is 0.730. The van der Waals surface area contributed by atoms with E-state index < -0.39 is 8.07 Å². The molecule has 0 radical (unpaired) electrons. The van der Waals surface area contributed by atoms with Crippen LogP contribution in [-0.4, -0.2) is 14.4 Å². The molecule has 0 atom stereocenters. The lowest BCUT2D eigenvalue weighted by molar-refractivity contribution is -0.104. The molecule has 0 aromatic heterocycles. The zero-order valence-electron chi connectivity index (χ0n) is 11.5. The van der Waals surface area contributed by atoms with Gasteiger partial charge in [0.05, 0.1) is 8.07 Å². The summed E-state index contributed by atoms with van der Waals surface area (Å²) >= 11 is 0. The van der Waals surface area contributed by atoms with E-state index in [1.807, 2.05) is 6.08 Å². The summed E-state index contributed by atoms with van der Waals surface area (Å²) in [6, 6.07) is 0. The molecule has 0 aliphatic carbocycles. The van der Waals surface area contributed by atoms with Gasteiger partial charge in [-0.2, -0.15) is 0 Å². The zero-order chi connectivity index (χ0) is 12.8. The Morgan fingerprint density at radius 3 is 1.50 bits per heavy atom. The van der Waals surface area contributed by atoms with Gasteiger partial charge in [-0.3, -0.25) is 4.79 Å². The van der Waals surface area contributed by atoms with Crippen LogP contribution in [0.3, 0.4) is 0 Å². The molecule has 92 valence electrons. The van der Waals surface area contributed by atoms with E-state index in [0.717, 1.165) is 22.9 Å². The Hall–Kier alpha value is -0.633. The van der Waals surface area contributed by atoms with Crippen LogP contribution in [0.5, 0.6) is 0 Å². The van der Waals surface area contributed by atoms with Crippen LogP contribution in [0.15, 0.2) is 23.9 Å². The molecule has 0 aromatic rings. The minimum Gasteiger partial charge on any atom is -0.299 e. The molecule has 0 fully saturated rings. The van der Waals surface area contributed by atoms with Crippen molar-refractivity contribution in [3.63, 3.8) is 0 Å². The highest BCUT2D eigenvalue weighted by Crippen LogP contribution is 2.42. The number of hydrogen-bond acceptors (Lipinski definition) is 1. The Kier molecular flexibility index (Phi) is 6.57. The molecule has 0 N–H and O–H groups in total. The molecule has 0 spiro atoms. The summed E-state index contributed by atoms with van der Waals surface area (Å²) in [7, 11) is -1.43. The summed E-state index contributed by atoms with van der Waals surface area (Å²) in [5, 5.41) is 0. The summed E-state index contributed by atoms with van der Waals surface area (Å²) < 4.78 is 0. The van der Waals surface area contributed by atoms with E-state index in [9.17, 15) is 4.79 Å². The standard InChI is InChI=1S/C14H26OSi/c1-12(2)16(13(3)4,14(5)6)11-9-7-8-10-15/h7-14H,1-6H3/b8-7-,11-9-. The van der Waals surface area contributed by atoms with Gasteiger partial charge in [-0.05, 0) is 22.7 Å². The van der Waals surface area contributed by atoms with Crippen LogP contribution < -0.4 is 0 Å². The van der Waals surface area contributed by atoms with Crippen LogP contribution in [-0.2, 0) is 4.79 Å². The van der Waals surface area contributed by atoms with Gasteiger partial charge in [-0.15, -0.1) is 0 Å². The van der Waals surface area contributed by atoms with Crippen molar-refractivity contribution >= 4 is 14.4 Å². The maximum atomic E-state index is 10.2. The third-order valence-corrected chi connectivity index (χ3v) is 10.5. The lowest BCUT2D eigenvalue weighted by atomic mass is 10.5. The van der Waals surface area contributed by atoms with Crippen LogP contribution in [0.1, 0.15) is 41.5 Å². The molecule has 1 nitrogen and oxygen atoms in total. The van der Waals surface area contributed by atoms with Crippen LogP contribution in [0.4, 0.5) is 0 Å². The van der Waals surface area contributed by atoms with Crippen molar-refractivity contribution in [2.24, 2.45) is 0 Å². The molecule has 0 saturated heterocycles. The lowest BCUT2D eigenvalue weighted by Gasteiger charge is -2.40. The first kappa shape index (κ1) is 15.4. The zero-order valence-corrected chi connectivity index (χ0v) is 12.5. The average Bonchev–Trinajstić information content (AvgIpc) is 2.16. The number of rotatable bonds is 6. The fourth-order valence-electron chi connectivity index (χ4n) is 2.91. The number of carbonyl (C=O) groups excluding carboxylic acids is 1. The van der Waals surface area contributed by atoms with E-state index in [2.05, 4.69) is 53.3 Å². The first-order chi connectivity index (χ1) is 7.39. The smallest absolute Gasteiger partial charge is 0.142 e. The Morgan fingerprint density at radius 2 is 1.19 bits per heavy atom. The van der Waals surface area contributed by atoms with E-state index >= 15 is 0 Å². The lowest BCUT2D eigenvalue weighted by Crippen LogP contribution is -2.42. The average molecular weight is 238 g/mol. The number of aldehydes is 1. The molecule has 16 heavy (non-hydrogen) atoms. The predicted molar refractivity (Wildman–Crippen MR) is 75.4 cm³/mol. The third kappa shape index (κ3) is 3.44. The van der Waals surface area contributed by atoms with Gasteiger partial charge in [-0.1, -0.05) is 59.4 Å². The normalized spacial score (nSPS) is 13.8. The van der Waals surface area contributed by atoms with Crippen molar-refractivity contribution in [2.45, 2.75) is 58.2 Å². The van der Waals surface area contributed by atoms with Crippen LogP contribution >= 0.6 is 0 Å². The maximum absolute atomic E-state index is 10.2. The van der Waals surface area contributed by atoms with Crippen molar-refractivity contribution in [3.05, 3.63) is 23.9 Å². The molecule has 0 bridgehead atoms. The second kappa shape index (κ2) is 6.84. The Labute approximate surface area is 102 Å². The summed E-state index contributed by atoms with van der Waals surface area (Å²) in [5.41, 5.74) is 4.60. The Morgan fingerprint density at radius 1 is 0.750 bits per heavy atom. The second-order valence-corrected chi connectivity index (χ2v) is 11.1. The molecule has 0 unspecified atom stereocenters. The van der Waals surface area contributed by atoms with Gasteiger partial charge in [0.15, 0.2) is 0 Å². The third-order valence-electron chi connectivity index (χ3n) is 3.69. The van der Waals surface area contributed by atoms with E-state index in [4.69, 9.17) is 0 Å². The van der Waals surface area contributed by atoms with Crippen molar-refractivity contribution < 1.29 is 4.79 Å². The first-order valence-electron chi connectivity index (χ1n) is 6.19. The van der Waals surface area contributed by atoms with Crippen molar-refractivity contribution in [1.29, 1.82) is 0 Å². The first-order valence-corrected chi connectivity index (χ1v) is 8.50. The predicted octanol–water partition coefficient (Wildman–Crippen LogP) is 4.52. The van der Waals surface area contributed by atoms with Crippen molar-refractivity contribution in [3.8, 4) is 0 Å². The second-order valence-electron chi connectivity index (χ2n) is 5.34. The van der Waals surface area contributed by atoms with Gasteiger partial charge in [0.1, 0.15) is 6.29 Å². The summed E-state index contributed by atoms with van der Waals surface area (Å²) in [6.45, 7) is 14.0. The highest BCUT2D eigenvalue weighted by Gasteiger charge is 2.39. The molecule has 0 aliphatic rings. The van der Waals surface area contributed by atoms with Gasteiger partial charge in [0.25, 0.3) is 0 Å². The fraction of sp³-hybridized carbons (Fsp3) is 0.643. The number of hydrogen-bond donors (Lipinski definition) is 0. The van der Waals surface area contributed by atoms with Crippen LogP contribution in [0.2, 0.25) is 16.6 Å². The highest BCUT2D eigenvalue weighted by molar-refractivity contribution is 6.88. The molecule has 2 heteroatoms. The molecular weight excluding hydrogens is 212 g/mol. The SMILES string of the molecule is CC(C)[Si](/C=C\C=C/C=O)(C(C)C)C(C)C. The van der Waals surface area contributed by atoms with Crippen LogP contribution in [0.25, 0.3) is 0 Å². The highest BCUT2D eigenvalue weighted by atomic mass is 28.3. The molecule has 0 aromatic carbocycles. The van der Waals surface area contributed by atoms with Gasteiger partial charge in [-0.25, -0.2) is 0 Å². The summed E-state index contributed by atoms with van der Waals surface area (Å²) in [6.07, 6.45) is 6.30. The summed E-state index contributed by atoms with van der Waals surface area (Å²) in [5.74, 6) is 0. The van der Waals surface area contributed by atoms with Crippen LogP contribution in [0, 0.1) is 0 Å². The van der Waals surface area contributed by atoms with Crippen molar-refractivity contribution in [1.82, 2.24) is 0 Å². The topological polar surface area (TPSA) is 17.1 Å². The molecule has 0 rings (SSSR count). The Bertz CT molecular complexity index is 240. The molecule has 0 aliphatic heterocycles. The molecular formula is C14H26OSi. The maximum Gasteiger partial charge on any atom is 0.142 e. The number of carbonyl (C=O) groups is 1. The van der Waals surface area contributed by atoms with Gasteiger partial charge >= 0.3 is 0 Å². The molecule has 0 amide bonds. The van der Waals surface area contributed by atoms with Gasteiger partial charge in [0, 0.05) is 0 Å². The number of allylic oxidation sites excluding steroid dienone is 3. The van der Waals surface area contributed by atoms with E-state index in [-0.39, 0.29) is 0 Å². The molecule has 0 saturated carbocycles. The largest absolute Gasteiger partial charge is 0.299 e. The van der Waals surface area contributed by atoms with Gasteiger partial charge in [0.2, 0.25) is 0 Å².